The van der Waals surface area contributed by atoms with Crippen LogP contribution in [0, 0.1) is 5.82 Å². The first-order valence-corrected chi connectivity index (χ1v) is 10.3. The van der Waals surface area contributed by atoms with Crippen molar-refractivity contribution in [3.8, 4) is 0 Å². The van der Waals surface area contributed by atoms with Crippen molar-refractivity contribution in [2.75, 3.05) is 49.1 Å². The minimum absolute atomic E-state index is 0.117. The lowest BCUT2D eigenvalue weighted by Crippen LogP contribution is -2.49. The summed E-state index contributed by atoms with van der Waals surface area (Å²) in [5, 5.41) is 9.26. The van der Waals surface area contributed by atoms with Gasteiger partial charge in [0.05, 0.1) is 18.8 Å². The standard InChI is InChI=1S/C23H26FN3O4/c1-17-27(14-20(15-28)31-17)19-7-8-22(21(24)13-19)25-9-11-26(12-10-25)23(29)30-16-18-5-3-2-4-6-18/h2-8,13,20,28H,1,9-12,14-16H2/t20-/m1/s1. The number of rotatable bonds is 5. The zero-order chi connectivity index (χ0) is 21.8. The minimum atomic E-state index is -0.357. The van der Waals surface area contributed by atoms with E-state index in [1.165, 1.54) is 6.07 Å². The highest BCUT2D eigenvalue weighted by Gasteiger charge is 2.29. The van der Waals surface area contributed by atoms with Crippen molar-refractivity contribution in [3.05, 3.63) is 72.4 Å². The van der Waals surface area contributed by atoms with Crippen molar-refractivity contribution < 1.29 is 23.8 Å². The molecule has 4 rings (SSSR count). The zero-order valence-corrected chi connectivity index (χ0v) is 17.2. The van der Waals surface area contributed by atoms with Gasteiger partial charge in [0.1, 0.15) is 18.5 Å². The van der Waals surface area contributed by atoms with Crippen LogP contribution in [0.2, 0.25) is 0 Å². The van der Waals surface area contributed by atoms with Gasteiger partial charge in [0, 0.05) is 31.9 Å². The number of carbonyl (C=O) groups excluding carboxylic acids is 1. The molecule has 8 heteroatoms. The van der Waals surface area contributed by atoms with Gasteiger partial charge in [-0.25, -0.2) is 9.18 Å². The lowest BCUT2D eigenvalue weighted by atomic mass is 10.2. The predicted octanol–water partition coefficient (Wildman–Crippen LogP) is 2.95. The highest BCUT2D eigenvalue weighted by molar-refractivity contribution is 5.68. The number of piperazine rings is 1. The molecule has 0 saturated carbocycles. The van der Waals surface area contributed by atoms with Crippen LogP contribution in [0.15, 0.2) is 61.0 Å². The summed E-state index contributed by atoms with van der Waals surface area (Å²) in [5.41, 5.74) is 2.06. The fraction of sp³-hybridized carbons (Fsp3) is 0.348. The molecule has 2 aliphatic rings. The Bertz CT molecular complexity index is 932. The zero-order valence-electron chi connectivity index (χ0n) is 17.2. The van der Waals surface area contributed by atoms with Crippen LogP contribution in [0.4, 0.5) is 20.6 Å². The lowest BCUT2D eigenvalue weighted by Gasteiger charge is -2.35. The van der Waals surface area contributed by atoms with Crippen LogP contribution in [0.3, 0.4) is 0 Å². The molecule has 7 nitrogen and oxygen atoms in total. The third kappa shape index (κ3) is 4.74. The Morgan fingerprint density at radius 2 is 1.90 bits per heavy atom. The summed E-state index contributed by atoms with van der Waals surface area (Å²) < 4.78 is 25.7. The van der Waals surface area contributed by atoms with Crippen molar-refractivity contribution >= 4 is 17.5 Å². The molecule has 0 radical (unpaired) electrons. The summed E-state index contributed by atoms with van der Waals surface area (Å²) in [4.78, 5) is 17.6. The first-order chi connectivity index (χ1) is 15.0. The number of ether oxygens (including phenoxy) is 2. The number of benzene rings is 2. The maximum absolute atomic E-state index is 14.9. The number of halogens is 1. The average molecular weight is 427 g/mol. The van der Waals surface area contributed by atoms with E-state index in [9.17, 15) is 14.3 Å². The molecule has 2 saturated heterocycles. The Morgan fingerprint density at radius 3 is 2.55 bits per heavy atom. The third-order valence-electron chi connectivity index (χ3n) is 5.52. The van der Waals surface area contributed by atoms with E-state index >= 15 is 0 Å². The molecule has 0 aromatic heterocycles. The van der Waals surface area contributed by atoms with Crippen molar-refractivity contribution in [3.63, 3.8) is 0 Å². The van der Waals surface area contributed by atoms with Crippen LogP contribution in [0.5, 0.6) is 0 Å². The number of amides is 1. The number of anilines is 2. The van der Waals surface area contributed by atoms with Gasteiger partial charge in [-0.1, -0.05) is 30.3 Å². The number of carbonyl (C=O) groups is 1. The SMILES string of the molecule is C=C1O[C@@H](CO)CN1c1ccc(N2CCN(C(=O)OCc3ccccc3)CC2)c(F)c1. The molecule has 2 aliphatic heterocycles. The first-order valence-electron chi connectivity index (χ1n) is 10.3. The molecule has 2 heterocycles. The van der Waals surface area contributed by atoms with Crippen LogP contribution in [-0.4, -0.2) is 61.5 Å². The number of hydrogen-bond donors (Lipinski definition) is 1. The van der Waals surface area contributed by atoms with Gasteiger partial charge in [-0.15, -0.1) is 0 Å². The average Bonchev–Trinajstić information content (AvgIpc) is 3.19. The summed E-state index contributed by atoms with van der Waals surface area (Å²) >= 11 is 0. The number of hydrogen-bond acceptors (Lipinski definition) is 6. The van der Waals surface area contributed by atoms with E-state index < -0.39 is 0 Å². The van der Waals surface area contributed by atoms with E-state index in [0.29, 0.717) is 50.0 Å². The summed E-state index contributed by atoms with van der Waals surface area (Å²) in [6.45, 7) is 6.33. The van der Waals surface area contributed by atoms with Crippen molar-refractivity contribution in [1.82, 2.24) is 4.90 Å². The topological polar surface area (TPSA) is 65.5 Å². The monoisotopic (exact) mass is 427 g/mol. The van der Waals surface area contributed by atoms with Crippen LogP contribution >= 0.6 is 0 Å². The molecule has 0 unspecified atom stereocenters. The first kappa shape index (κ1) is 21.0. The van der Waals surface area contributed by atoms with E-state index in [0.717, 1.165) is 5.56 Å². The van der Waals surface area contributed by atoms with Crippen molar-refractivity contribution in [1.29, 1.82) is 0 Å². The minimum Gasteiger partial charge on any atom is -0.472 e. The second kappa shape index (κ2) is 9.26. The van der Waals surface area contributed by atoms with Crippen LogP contribution in [-0.2, 0) is 16.1 Å². The Morgan fingerprint density at radius 1 is 1.16 bits per heavy atom. The van der Waals surface area contributed by atoms with Gasteiger partial charge in [-0.05, 0) is 30.3 Å². The van der Waals surface area contributed by atoms with Gasteiger partial charge < -0.3 is 29.3 Å². The van der Waals surface area contributed by atoms with E-state index in [1.54, 1.807) is 15.9 Å². The fourth-order valence-electron chi connectivity index (χ4n) is 3.80. The molecule has 0 spiro atoms. The molecule has 1 atom stereocenters. The molecule has 31 heavy (non-hydrogen) atoms. The summed E-state index contributed by atoms with van der Waals surface area (Å²) in [7, 11) is 0. The molecule has 1 amide bonds. The Labute approximate surface area is 180 Å². The quantitative estimate of drug-likeness (QED) is 0.792. The van der Waals surface area contributed by atoms with Gasteiger partial charge >= 0.3 is 6.09 Å². The Balaban J connectivity index is 1.32. The van der Waals surface area contributed by atoms with E-state index in [2.05, 4.69) is 6.58 Å². The van der Waals surface area contributed by atoms with Gasteiger partial charge in [0.2, 0.25) is 0 Å². The second-order valence-electron chi connectivity index (χ2n) is 7.58. The smallest absolute Gasteiger partial charge is 0.410 e. The van der Waals surface area contributed by atoms with E-state index in [4.69, 9.17) is 9.47 Å². The molecule has 164 valence electrons. The fourth-order valence-corrected chi connectivity index (χ4v) is 3.80. The lowest BCUT2D eigenvalue weighted by molar-refractivity contribution is 0.0941. The van der Waals surface area contributed by atoms with Crippen LogP contribution in [0.25, 0.3) is 0 Å². The van der Waals surface area contributed by atoms with Crippen LogP contribution in [0.1, 0.15) is 5.56 Å². The van der Waals surface area contributed by atoms with Crippen molar-refractivity contribution in [2.45, 2.75) is 12.7 Å². The normalized spacial score (nSPS) is 18.8. The molecule has 0 bridgehead atoms. The van der Waals surface area contributed by atoms with E-state index in [1.807, 2.05) is 41.3 Å². The molecule has 2 aromatic rings. The van der Waals surface area contributed by atoms with Crippen molar-refractivity contribution in [2.24, 2.45) is 0 Å². The third-order valence-corrected chi connectivity index (χ3v) is 5.52. The van der Waals surface area contributed by atoms with Gasteiger partial charge in [-0.2, -0.15) is 0 Å². The van der Waals surface area contributed by atoms with Gasteiger partial charge in [-0.3, -0.25) is 0 Å². The van der Waals surface area contributed by atoms with Crippen LogP contribution < -0.4 is 9.80 Å². The molecular weight excluding hydrogens is 401 g/mol. The maximum Gasteiger partial charge on any atom is 0.410 e. The summed E-state index contributed by atoms with van der Waals surface area (Å²) in [6.07, 6.45) is -0.713. The largest absolute Gasteiger partial charge is 0.472 e. The summed E-state index contributed by atoms with van der Waals surface area (Å²) in [5.74, 6) is 0.0479. The molecule has 2 fully saturated rings. The summed E-state index contributed by atoms with van der Waals surface area (Å²) in [6, 6.07) is 14.5. The van der Waals surface area contributed by atoms with Gasteiger partial charge in [0.15, 0.2) is 5.88 Å². The van der Waals surface area contributed by atoms with E-state index in [-0.39, 0.29) is 31.2 Å². The maximum atomic E-state index is 14.9. The van der Waals surface area contributed by atoms with Gasteiger partial charge in [0.25, 0.3) is 0 Å². The Kier molecular flexibility index (Phi) is 6.27. The highest BCUT2D eigenvalue weighted by Crippen LogP contribution is 2.30. The molecule has 1 N–H and O–H groups in total. The predicted molar refractivity (Wildman–Crippen MR) is 115 cm³/mol. The molecule has 2 aromatic carbocycles. The number of aliphatic hydroxyl groups is 1. The highest BCUT2D eigenvalue weighted by atomic mass is 19.1. The Hall–Kier alpha value is -3.26. The molecule has 0 aliphatic carbocycles. The molecular formula is C23H26FN3O4. The number of aliphatic hydroxyl groups excluding tert-OH is 1. The number of nitrogens with zero attached hydrogens (tertiary/aromatic N) is 3. The second-order valence-corrected chi connectivity index (χ2v) is 7.58.